The van der Waals surface area contributed by atoms with Gasteiger partial charge in [0.15, 0.2) is 0 Å². The maximum absolute atomic E-state index is 14.1. The van der Waals surface area contributed by atoms with Gasteiger partial charge >= 0.3 is 0 Å². The monoisotopic (exact) mass is 394 g/mol. The van der Waals surface area contributed by atoms with Crippen molar-refractivity contribution in [1.29, 1.82) is 0 Å². The van der Waals surface area contributed by atoms with E-state index in [-0.39, 0.29) is 34.2 Å². The van der Waals surface area contributed by atoms with Crippen molar-refractivity contribution in [3.05, 3.63) is 23.4 Å². The number of carbonyl (C=O) groups excluding carboxylic acids is 1. The van der Waals surface area contributed by atoms with Gasteiger partial charge in [-0.2, -0.15) is 8.78 Å². The Kier molecular flexibility index (Phi) is 5.15. The van der Waals surface area contributed by atoms with Gasteiger partial charge in [0.05, 0.1) is 6.61 Å². The molecule has 0 aromatic rings. The van der Waals surface area contributed by atoms with Crippen LogP contribution in [0.1, 0.15) is 58.8 Å². The molecule has 0 heterocycles. The van der Waals surface area contributed by atoms with E-state index in [1.807, 2.05) is 6.08 Å². The molecule has 0 radical (unpaired) electrons. The highest BCUT2D eigenvalue weighted by Gasteiger charge is 2.61. The number of hydrogen-bond donors (Lipinski definition) is 2. The second kappa shape index (κ2) is 7.21. The summed E-state index contributed by atoms with van der Waals surface area (Å²) in [4.78, 5) is 17.9. The van der Waals surface area contributed by atoms with Crippen molar-refractivity contribution >= 4 is 5.78 Å². The predicted molar refractivity (Wildman–Crippen MR) is 103 cm³/mol. The van der Waals surface area contributed by atoms with Gasteiger partial charge in [0.1, 0.15) is 5.78 Å². The lowest BCUT2D eigenvalue weighted by Crippen LogP contribution is -2.53. The Hall–Kier alpha value is -1.27. The van der Waals surface area contributed by atoms with Crippen LogP contribution in [-0.2, 0) is 9.63 Å². The lowest BCUT2D eigenvalue weighted by molar-refractivity contribution is -0.134. The number of Topliss-reactive ketones (excluding diaryl/α,β-unsaturated/α-hetero) is 1. The first-order valence-electron chi connectivity index (χ1n) is 10.7. The van der Waals surface area contributed by atoms with Gasteiger partial charge in [-0.25, -0.2) is 0 Å². The average Bonchev–Trinajstić information content (AvgIpc) is 2.96. The van der Waals surface area contributed by atoms with Crippen LogP contribution in [0.3, 0.4) is 0 Å². The van der Waals surface area contributed by atoms with Crippen LogP contribution in [0.15, 0.2) is 23.4 Å². The number of hydrogen-bond acceptors (Lipinski definition) is 4. The fourth-order valence-electron chi connectivity index (χ4n) is 6.97. The van der Waals surface area contributed by atoms with Crippen molar-refractivity contribution in [2.75, 3.05) is 13.2 Å². The summed E-state index contributed by atoms with van der Waals surface area (Å²) in [6.07, 6.45) is 5.88. The maximum atomic E-state index is 14.1. The van der Waals surface area contributed by atoms with Gasteiger partial charge < -0.3 is 5.73 Å². The molecule has 0 aromatic carbocycles. The van der Waals surface area contributed by atoms with Crippen molar-refractivity contribution in [2.24, 2.45) is 40.2 Å². The fourth-order valence-corrected chi connectivity index (χ4v) is 6.97. The zero-order chi connectivity index (χ0) is 20.1. The van der Waals surface area contributed by atoms with Crippen LogP contribution in [-0.4, -0.2) is 18.9 Å². The second-order valence-electron chi connectivity index (χ2n) is 9.70. The van der Waals surface area contributed by atoms with Crippen LogP contribution < -0.4 is 11.2 Å². The zero-order valence-electron chi connectivity index (χ0n) is 16.9. The summed E-state index contributed by atoms with van der Waals surface area (Å²) in [5, 5.41) is 0. The first-order chi connectivity index (χ1) is 13.3. The Labute approximate surface area is 165 Å². The largest absolute Gasteiger partial charge is 0.328 e. The molecule has 4 nitrogen and oxygen atoms in total. The molecule has 6 atom stereocenters. The summed E-state index contributed by atoms with van der Waals surface area (Å²) in [5.74, 6) is 0.924. The van der Waals surface area contributed by atoms with E-state index in [2.05, 4.69) is 19.3 Å². The Bertz CT molecular complexity index is 717. The maximum Gasteiger partial charge on any atom is 0.270 e. The first-order valence-corrected chi connectivity index (χ1v) is 10.7. The van der Waals surface area contributed by atoms with Gasteiger partial charge in [-0.05, 0) is 61.7 Å². The molecule has 6 heteroatoms. The van der Waals surface area contributed by atoms with Gasteiger partial charge in [0.25, 0.3) is 6.08 Å². The van der Waals surface area contributed by atoms with Crippen molar-refractivity contribution < 1.29 is 18.4 Å². The molecular formula is C22H32F2N2O2. The standard InChI is InChI=1S/C22H32F2N2O2/c1-21-7-5-13(26-28-10-9-25)11-18(21)15(20(23)24)12-14-16-3-4-19(27)22(16,2)8-6-17(14)21/h11,14,16-18,26H,3-10,12,25H2,1-2H3/t14-,16-,17+,18?,21+,22-/m0/s1. The molecule has 3 saturated carbocycles. The Morgan fingerprint density at radius 3 is 2.75 bits per heavy atom. The first kappa shape index (κ1) is 20.0. The molecule has 0 bridgehead atoms. The van der Waals surface area contributed by atoms with E-state index in [1.54, 1.807) is 0 Å². The molecule has 0 saturated heterocycles. The van der Waals surface area contributed by atoms with Gasteiger partial charge in [0, 0.05) is 35.6 Å². The highest BCUT2D eigenvalue weighted by atomic mass is 19.3. The Morgan fingerprint density at radius 1 is 1.25 bits per heavy atom. The lowest BCUT2D eigenvalue weighted by Gasteiger charge is -2.59. The van der Waals surface area contributed by atoms with Gasteiger partial charge in [0.2, 0.25) is 0 Å². The minimum atomic E-state index is -1.54. The SMILES string of the molecule is C[C@]12CCC(NOCCN)=CC1C(=C(F)F)C[C@@H]1[C@H]2CC[C@]2(C)C(=O)CC[C@@H]12. The molecule has 3 N–H and O–H groups in total. The van der Waals surface area contributed by atoms with E-state index in [0.717, 1.165) is 37.8 Å². The highest BCUT2D eigenvalue weighted by Crippen LogP contribution is 2.66. The molecule has 1 unspecified atom stereocenters. The summed E-state index contributed by atoms with van der Waals surface area (Å²) < 4.78 is 28.2. The van der Waals surface area contributed by atoms with Crippen molar-refractivity contribution in [3.8, 4) is 0 Å². The summed E-state index contributed by atoms with van der Waals surface area (Å²) in [5.41, 5.74) is 9.06. The molecule has 0 spiro atoms. The van der Waals surface area contributed by atoms with E-state index >= 15 is 0 Å². The van der Waals surface area contributed by atoms with E-state index in [1.165, 1.54) is 0 Å². The number of halogens is 2. The third kappa shape index (κ3) is 2.95. The number of hydroxylamine groups is 1. The molecular weight excluding hydrogens is 362 g/mol. The smallest absolute Gasteiger partial charge is 0.270 e. The fraction of sp³-hybridized carbons (Fsp3) is 0.773. The zero-order valence-corrected chi connectivity index (χ0v) is 16.9. The topological polar surface area (TPSA) is 64.3 Å². The van der Waals surface area contributed by atoms with Crippen molar-refractivity contribution in [2.45, 2.75) is 58.8 Å². The molecule has 3 fully saturated rings. The van der Waals surface area contributed by atoms with Gasteiger partial charge in [-0.1, -0.05) is 19.9 Å². The third-order valence-electron chi connectivity index (χ3n) is 8.50. The van der Waals surface area contributed by atoms with Crippen LogP contribution in [0.5, 0.6) is 0 Å². The summed E-state index contributed by atoms with van der Waals surface area (Å²) in [6, 6.07) is 0. The number of carbonyl (C=O) groups is 1. The number of nitrogens with two attached hydrogens (primary N) is 1. The van der Waals surface area contributed by atoms with E-state index in [0.29, 0.717) is 37.7 Å². The molecule has 28 heavy (non-hydrogen) atoms. The lowest BCUT2D eigenvalue weighted by atomic mass is 9.45. The summed E-state index contributed by atoms with van der Waals surface area (Å²) in [7, 11) is 0. The van der Waals surface area contributed by atoms with Crippen LogP contribution in [0.4, 0.5) is 8.78 Å². The molecule has 4 aliphatic rings. The van der Waals surface area contributed by atoms with Gasteiger partial charge in [-0.15, -0.1) is 0 Å². The van der Waals surface area contributed by atoms with Crippen LogP contribution in [0.25, 0.3) is 0 Å². The Balaban J connectivity index is 1.67. The normalized spacial score (nSPS) is 42.4. The number of allylic oxidation sites excluding steroid dienone is 3. The van der Waals surface area contributed by atoms with Crippen LogP contribution >= 0.6 is 0 Å². The van der Waals surface area contributed by atoms with Gasteiger partial charge in [-0.3, -0.25) is 15.1 Å². The third-order valence-corrected chi connectivity index (χ3v) is 8.50. The minimum absolute atomic E-state index is 0.187. The second-order valence-corrected chi connectivity index (χ2v) is 9.70. The molecule has 0 aromatic heterocycles. The quantitative estimate of drug-likeness (QED) is 0.550. The van der Waals surface area contributed by atoms with E-state index in [4.69, 9.17) is 10.6 Å². The molecule has 0 aliphatic heterocycles. The summed E-state index contributed by atoms with van der Waals surface area (Å²) >= 11 is 0. The number of nitrogens with one attached hydrogen (secondary N) is 1. The Morgan fingerprint density at radius 2 is 2.04 bits per heavy atom. The molecule has 0 amide bonds. The molecule has 4 aliphatic carbocycles. The van der Waals surface area contributed by atoms with Crippen LogP contribution in [0.2, 0.25) is 0 Å². The number of fused-ring (bicyclic) bond motifs is 5. The predicted octanol–water partition coefficient (Wildman–Crippen LogP) is 4.33. The van der Waals surface area contributed by atoms with E-state index in [9.17, 15) is 13.6 Å². The van der Waals surface area contributed by atoms with Crippen molar-refractivity contribution in [1.82, 2.24) is 5.48 Å². The summed E-state index contributed by atoms with van der Waals surface area (Å²) in [6.45, 7) is 5.09. The number of ketones is 1. The number of rotatable bonds is 4. The average molecular weight is 395 g/mol. The van der Waals surface area contributed by atoms with Crippen molar-refractivity contribution in [3.63, 3.8) is 0 Å². The highest BCUT2D eigenvalue weighted by molar-refractivity contribution is 5.87. The van der Waals surface area contributed by atoms with E-state index < -0.39 is 6.08 Å². The minimum Gasteiger partial charge on any atom is -0.328 e. The molecule has 156 valence electrons. The van der Waals surface area contributed by atoms with Crippen LogP contribution in [0, 0.1) is 34.5 Å². The molecule has 4 rings (SSSR count).